The highest BCUT2D eigenvalue weighted by Crippen LogP contribution is 2.29. The summed E-state index contributed by atoms with van der Waals surface area (Å²) in [5.74, 6) is -0.319. The van der Waals surface area contributed by atoms with Gasteiger partial charge in [-0.1, -0.05) is 6.07 Å². The lowest BCUT2D eigenvalue weighted by Gasteiger charge is -2.09. The molecule has 0 unspecified atom stereocenters. The molecule has 2 aromatic rings. The molecular formula is C15H14BrFN2OS. The Balaban J connectivity index is 1.97. The summed E-state index contributed by atoms with van der Waals surface area (Å²) < 4.78 is 14.0. The number of amides is 1. The summed E-state index contributed by atoms with van der Waals surface area (Å²) >= 11 is 4.79. The summed E-state index contributed by atoms with van der Waals surface area (Å²) in [5.41, 5.74) is 7.64. The number of thioether (sulfide) groups is 1. The number of carbonyl (C=O) groups excluding carboxylic acids is 1. The number of hydrogen-bond donors (Lipinski definition) is 2. The van der Waals surface area contributed by atoms with Gasteiger partial charge in [-0.05, 0) is 58.7 Å². The van der Waals surface area contributed by atoms with E-state index in [-0.39, 0.29) is 17.5 Å². The van der Waals surface area contributed by atoms with Crippen molar-refractivity contribution in [3.63, 3.8) is 0 Å². The monoisotopic (exact) mass is 368 g/mol. The van der Waals surface area contributed by atoms with Crippen molar-refractivity contribution in [3.05, 3.63) is 52.3 Å². The van der Waals surface area contributed by atoms with Crippen molar-refractivity contribution in [1.29, 1.82) is 0 Å². The highest BCUT2D eigenvalue weighted by atomic mass is 79.9. The molecule has 0 saturated carbocycles. The van der Waals surface area contributed by atoms with Gasteiger partial charge in [0, 0.05) is 20.7 Å². The van der Waals surface area contributed by atoms with Crippen LogP contribution in [0.15, 0.2) is 45.8 Å². The zero-order valence-corrected chi connectivity index (χ0v) is 13.7. The van der Waals surface area contributed by atoms with Gasteiger partial charge < -0.3 is 11.1 Å². The molecule has 0 saturated heterocycles. The molecule has 3 nitrogen and oxygen atoms in total. The zero-order valence-electron chi connectivity index (χ0n) is 11.3. The van der Waals surface area contributed by atoms with Crippen LogP contribution >= 0.6 is 27.7 Å². The van der Waals surface area contributed by atoms with Crippen molar-refractivity contribution in [2.24, 2.45) is 0 Å². The molecule has 3 N–H and O–H groups in total. The van der Waals surface area contributed by atoms with E-state index in [0.717, 1.165) is 14.9 Å². The van der Waals surface area contributed by atoms with Crippen molar-refractivity contribution in [1.82, 2.24) is 0 Å². The molecule has 0 bridgehead atoms. The van der Waals surface area contributed by atoms with Gasteiger partial charge >= 0.3 is 0 Å². The molecule has 0 aromatic heterocycles. The number of rotatable bonds is 4. The van der Waals surface area contributed by atoms with E-state index >= 15 is 0 Å². The van der Waals surface area contributed by atoms with E-state index in [1.54, 1.807) is 18.2 Å². The minimum absolute atomic E-state index is 0.183. The normalized spacial score (nSPS) is 10.4. The number of nitrogens with one attached hydrogen (secondary N) is 1. The van der Waals surface area contributed by atoms with Gasteiger partial charge in [0.2, 0.25) is 5.91 Å². The highest BCUT2D eigenvalue weighted by Gasteiger charge is 2.08. The third-order valence-corrected chi connectivity index (χ3v) is 4.78. The Bertz CT molecular complexity index is 679. The first-order valence-corrected chi connectivity index (χ1v) is 7.97. The average Bonchev–Trinajstić information content (AvgIpc) is 2.42. The van der Waals surface area contributed by atoms with Crippen LogP contribution in [0.5, 0.6) is 0 Å². The molecular weight excluding hydrogens is 355 g/mol. The summed E-state index contributed by atoms with van der Waals surface area (Å²) in [4.78, 5) is 12.9. The van der Waals surface area contributed by atoms with Crippen LogP contribution in [-0.2, 0) is 4.79 Å². The van der Waals surface area contributed by atoms with Crippen LogP contribution in [0, 0.1) is 12.7 Å². The topological polar surface area (TPSA) is 55.1 Å². The van der Waals surface area contributed by atoms with E-state index < -0.39 is 0 Å². The maximum Gasteiger partial charge on any atom is 0.234 e. The second-order valence-electron chi connectivity index (χ2n) is 4.49. The molecule has 0 radical (unpaired) electrons. The average molecular weight is 369 g/mol. The lowest BCUT2D eigenvalue weighted by molar-refractivity contribution is -0.113. The number of hydrogen-bond acceptors (Lipinski definition) is 3. The van der Waals surface area contributed by atoms with Crippen LogP contribution < -0.4 is 11.1 Å². The predicted molar refractivity (Wildman–Crippen MR) is 89.0 cm³/mol. The summed E-state index contributed by atoms with van der Waals surface area (Å²) in [7, 11) is 0. The summed E-state index contributed by atoms with van der Waals surface area (Å²) in [5, 5.41) is 2.71. The first-order valence-electron chi connectivity index (χ1n) is 6.19. The number of aryl methyl sites for hydroxylation is 1. The zero-order chi connectivity index (χ0) is 15.4. The van der Waals surface area contributed by atoms with Crippen LogP contribution in [0.2, 0.25) is 0 Å². The van der Waals surface area contributed by atoms with Gasteiger partial charge in [-0.2, -0.15) is 0 Å². The molecule has 0 aliphatic rings. The van der Waals surface area contributed by atoms with Gasteiger partial charge in [0.05, 0.1) is 5.75 Å². The molecule has 0 atom stereocenters. The minimum Gasteiger partial charge on any atom is -0.399 e. The molecule has 0 heterocycles. The Kier molecular flexibility index (Phi) is 5.25. The third-order valence-electron chi connectivity index (χ3n) is 2.79. The van der Waals surface area contributed by atoms with Crippen molar-refractivity contribution in [2.75, 3.05) is 16.8 Å². The quantitative estimate of drug-likeness (QED) is 0.627. The standard InChI is InChI=1S/C15H14BrFN2OS/c1-9-2-3-10(17)6-13(9)19-15(20)8-21-14-5-4-11(18)7-12(14)16/h2-7H,8,18H2,1H3,(H,19,20). The van der Waals surface area contributed by atoms with Gasteiger partial charge in [-0.25, -0.2) is 4.39 Å². The third kappa shape index (κ3) is 4.47. The van der Waals surface area contributed by atoms with Crippen LogP contribution in [0.25, 0.3) is 0 Å². The summed E-state index contributed by atoms with van der Waals surface area (Å²) in [6.07, 6.45) is 0. The number of benzene rings is 2. The van der Waals surface area contributed by atoms with Gasteiger partial charge in [0.15, 0.2) is 0 Å². The van der Waals surface area contributed by atoms with Crippen LogP contribution in [0.3, 0.4) is 0 Å². The van der Waals surface area contributed by atoms with Gasteiger partial charge in [0.1, 0.15) is 5.82 Å². The smallest absolute Gasteiger partial charge is 0.234 e. The number of nitrogen functional groups attached to an aromatic ring is 1. The molecule has 21 heavy (non-hydrogen) atoms. The van der Waals surface area contributed by atoms with Crippen molar-refractivity contribution in [2.45, 2.75) is 11.8 Å². The van der Waals surface area contributed by atoms with Crippen LogP contribution in [0.1, 0.15) is 5.56 Å². The molecule has 2 rings (SSSR count). The van der Waals surface area contributed by atoms with E-state index in [1.807, 2.05) is 13.0 Å². The number of anilines is 2. The number of halogens is 2. The minimum atomic E-state index is -0.371. The largest absolute Gasteiger partial charge is 0.399 e. The van der Waals surface area contributed by atoms with Crippen LogP contribution in [0.4, 0.5) is 15.8 Å². The maximum atomic E-state index is 13.2. The van der Waals surface area contributed by atoms with Gasteiger partial charge in [0.25, 0.3) is 0 Å². The van der Waals surface area contributed by atoms with Crippen molar-refractivity contribution >= 4 is 45.0 Å². The lowest BCUT2D eigenvalue weighted by Crippen LogP contribution is -2.15. The van der Waals surface area contributed by atoms with Gasteiger partial charge in [-0.15, -0.1) is 11.8 Å². The fourth-order valence-corrected chi connectivity index (χ4v) is 3.15. The molecule has 1 amide bonds. The number of nitrogens with two attached hydrogens (primary N) is 1. The van der Waals surface area contributed by atoms with Crippen LogP contribution in [-0.4, -0.2) is 11.7 Å². The van der Waals surface area contributed by atoms with Crippen molar-refractivity contribution < 1.29 is 9.18 Å². The molecule has 0 spiro atoms. The Morgan fingerprint density at radius 2 is 2.10 bits per heavy atom. The molecule has 0 aliphatic carbocycles. The first kappa shape index (κ1) is 15.9. The first-order chi connectivity index (χ1) is 9.95. The molecule has 110 valence electrons. The fourth-order valence-electron chi connectivity index (χ4n) is 1.69. The van der Waals surface area contributed by atoms with E-state index in [0.29, 0.717) is 11.4 Å². The Labute approximate surface area is 135 Å². The lowest BCUT2D eigenvalue weighted by atomic mass is 10.2. The summed E-state index contributed by atoms with van der Waals surface area (Å²) in [6.45, 7) is 1.82. The fraction of sp³-hybridized carbons (Fsp3) is 0.133. The van der Waals surface area contributed by atoms with E-state index in [9.17, 15) is 9.18 Å². The second-order valence-corrected chi connectivity index (χ2v) is 6.36. The molecule has 6 heteroatoms. The Morgan fingerprint density at radius 3 is 2.81 bits per heavy atom. The Morgan fingerprint density at radius 1 is 1.33 bits per heavy atom. The van der Waals surface area contributed by atoms with Crippen molar-refractivity contribution in [3.8, 4) is 0 Å². The number of carbonyl (C=O) groups is 1. The van der Waals surface area contributed by atoms with Gasteiger partial charge in [-0.3, -0.25) is 4.79 Å². The predicted octanol–water partition coefficient (Wildman–Crippen LogP) is 4.21. The van der Waals surface area contributed by atoms with E-state index in [1.165, 1.54) is 23.9 Å². The SMILES string of the molecule is Cc1ccc(F)cc1NC(=O)CSc1ccc(N)cc1Br. The maximum absolute atomic E-state index is 13.2. The van der Waals surface area contributed by atoms with E-state index in [4.69, 9.17) is 5.73 Å². The Hall–Kier alpha value is -1.53. The second kappa shape index (κ2) is 6.95. The summed E-state index contributed by atoms with van der Waals surface area (Å²) in [6, 6.07) is 9.74. The molecule has 0 aliphatic heterocycles. The molecule has 0 fully saturated rings. The highest BCUT2D eigenvalue weighted by molar-refractivity contribution is 9.10. The molecule has 2 aromatic carbocycles. The van der Waals surface area contributed by atoms with E-state index in [2.05, 4.69) is 21.2 Å².